The molecule has 0 aromatic heterocycles. The topological polar surface area (TPSA) is 84.4 Å². The maximum absolute atomic E-state index is 9.98. The Balaban J connectivity index is 1.81. The Bertz CT molecular complexity index is 1810. The second kappa shape index (κ2) is 9.31. The Morgan fingerprint density at radius 1 is 0.605 bits per heavy atom. The summed E-state index contributed by atoms with van der Waals surface area (Å²) in [4.78, 5) is 10.6. The van der Waals surface area contributed by atoms with Crippen molar-refractivity contribution < 1.29 is 0 Å². The predicted octanol–water partition coefficient (Wildman–Crippen LogP) is 8.05. The molecule has 0 saturated carbocycles. The highest BCUT2D eigenvalue weighted by atomic mass is 14.7. The standard InChI is InChI=1S/C32H12N6/c1-36-23-10-8-21(9-11-23)25-14-29-27(15-30(25)37-2)26-12-22(17-34)24(20-6-4-19(16-33)5-7-20)13-28(26)32(29)31(18-35)38-3/h4-15H/b32-31-. The van der Waals surface area contributed by atoms with Crippen molar-refractivity contribution in [3.63, 3.8) is 0 Å². The lowest BCUT2D eigenvalue weighted by Crippen LogP contribution is -1.91. The van der Waals surface area contributed by atoms with Gasteiger partial charge in [0.1, 0.15) is 0 Å². The van der Waals surface area contributed by atoms with E-state index in [9.17, 15) is 10.5 Å². The minimum atomic E-state index is -0.0923. The van der Waals surface area contributed by atoms with Gasteiger partial charge in [0, 0.05) is 11.1 Å². The van der Waals surface area contributed by atoms with Gasteiger partial charge >= 0.3 is 0 Å². The molecule has 0 saturated heterocycles. The predicted molar refractivity (Wildman–Crippen MR) is 143 cm³/mol. The first-order valence-electron chi connectivity index (χ1n) is 11.2. The van der Waals surface area contributed by atoms with E-state index in [1.54, 1.807) is 72.8 Å². The number of nitriles is 3. The van der Waals surface area contributed by atoms with Gasteiger partial charge in [-0.2, -0.15) is 10.5 Å². The molecule has 5 rings (SSSR count). The maximum atomic E-state index is 9.98. The molecule has 0 fully saturated rings. The van der Waals surface area contributed by atoms with Gasteiger partial charge in [0.15, 0.2) is 11.4 Å². The molecule has 6 heteroatoms. The van der Waals surface area contributed by atoms with Gasteiger partial charge in [-0.1, -0.05) is 42.5 Å². The fourth-order valence-electron chi connectivity index (χ4n) is 4.68. The van der Waals surface area contributed by atoms with Crippen LogP contribution >= 0.6 is 0 Å². The van der Waals surface area contributed by atoms with E-state index in [1.165, 1.54) is 0 Å². The van der Waals surface area contributed by atoms with Gasteiger partial charge in [-0.3, -0.25) is 0 Å². The largest absolute Gasteiger partial charge is 0.270 e. The molecule has 4 aromatic carbocycles. The number of nitrogens with zero attached hydrogens (tertiary/aromatic N) is 6. The SMILES string of the molecule is [C-]#[N+]/C(C#N)=C1/c2cc(-c3ccc(C#N)cc3)c(C#N)cc2-c2cc([N+]#[C-])c(-c3ccc([N+]#[C-])cc3)cc21. The average Bonchev–Trinajstić information content (AvgIpc) is 3.28. The summed E-state index contributed by atoms with van der Waals surface area (Å²) in [5.41, 5.74) is 7.38. The highest BCUT2D eigenvalue weighted by Gasteiger charge is 2.30. The molecule has 170 valence electrons. The number of allylic oxidation sites excluding steroid dienone is 1. The van der Waals surface area contributed by atoms with E-state index >= 15 is 0 Å². The van der Waals surface area contributed by atoms with Crippen LogP contribution in [0.1, 0.15) is 22.3 Å². The third-order valence-electron chi connectivity index (χ3n) is 6.45. The molecule has 0 amide bonds. The van der Waals surface area contributed by atoms with Gasteiger partial charge < -0.3 is 0 Å². The lowest BCUT2D eigenvalue weighted by atomic mass is 9.92. The van der Waals surface area contributed by atoms with Crippen LogP contribution in [-0.2, 0) is 0 Å². The monoisotopic (exact) mass is 480 g/mol. The number of hydrogen-bond acceptors (Lipinski definition) is 3. The quantitative estimate of drug-likeness (QED) is 0.189. The van der Waals surface area contributed by atoms with E-state index in [4.69, 9.17) is 25.0 Å². The molecule has 0 spiro atoms. The van der Waals surface area contributed by atoms with Gasteiger partial charge in [-0.15, -0.1) is 0 Å². The molecule has 38 heavy (non-hydrogen) atoms. The van der Waals surface area contributed by atoms with E-state index in [0.717, 1.165) is 11.1 Å². The molecule has 0 radical (unpaired) electrons. The number of benzene rings is 4. The number of fused-ring (bicyclic) bond motifs is 3. The van der Waals surface area contributed by atoms with Crippen LogP contribution in [0, 0.1) is 53.7 Å². The summed E-state index contributed by atoms with van der Waals surface area (Å²) < 4.78 is 0. The molecule has 0 unspecified atom stereocenters. The molecule has 0 bridgehead atoms. The van der Waals surface area contributed by atoms with Crippen LogP contribution < -0.4 is 0 Å². The van der Waals surface area contributed by atoms with Crippen molar-refractivity contribution in [3.05, 3.63) is 135 Å². The van der Waals surface area contributed by atoms with Crippen LogP contribution in [0.15, 0.2) is 78.5 Å². The van der Waals surface area contributed by atoms with E-state index in [-0.39, 0.29) is 5.70 Å². The molecular weight excluding hydrogens is 468 g/mol. The van der Waals surface area contributed by atoms with Crippen LogP contribution in [0.4, 0.5) is 11.4 Å². The van der Waals surface area contributed by atoms with Crippen molar-refractivity contribution >= 4 is 16.9 Å². The van der Waals surface area contributed by atoms with E-state index in [1.807, 2.05) is 6.07 Å². The van der Waals surface area contributed by atoms with Gasteiger partial charge in [0.25, 0.3) is 5.70 Å². The van der Waals surface area contributed by atoms with Crippen molar-refractivity contribution in [1.82, 2.24) is 0 Å². The lowest BCUT2D eigenvalue weighted by Gasteiger charge is -2.10. The third kappa shape index (κ3) is 3.62. The molecule has 0 aliphatic heterocycles. The Morgan fingerprint density at radius 2 is 1.21 bits per heavy atom. The van der Waals surface area contributed by atoms with Crippen LogP contribution in [0.5, 0.6) is 0 Å². The normalized spacial score (nSPS) is 11.8. The smallest absolute Gasteiger partial charge is 0.238 e. The molecule has 0 N–H and O–H groups in total. The summed E-state index contributed by atoms with van der Waals surface area (Å²) in [6, 6.07) is 27.1. The van der Waals surface area contributed by atoms with E-state index in [0.29, 0.717) is 61.5 Å². The van der Waals surface area contributed by atoms with E-state index < -0.39 is 0 Å². The molecular formula is C32H12N6. The van der Waals surface area contributed by atoms with Gasteiger partial charge in [0.2, 0.25) is 0 Å². The van der Waals surface area contributed by atoms with Crippen LogP contribution in [0.25, 0.3) is 53.5 Å². The maximum Gasteiger partial charge on any atom is 0.270 e. The zero-order valence-electron chi connectivity index (χ0n) is 19.6. The second-order valence-corrected chi connectivity index (χ2v) is 8.38. The fraction of sp³-hybridized carbons (Fsp3) is 0. The molecule has 1 aliphatic carbocycles. The second-order valence-electron chi connectivity index (χ2n) is 8.38. The van der Waals surface area contributed by atoms with Crippen LogP contribution in [0.3, 0.4) is 0 Å². The number of hydrogen-bond donors (Lipinski definition) is 0. The summed E-state index contributed by atoms with van der Waals surface area (Å²) in [7, 11) is 0. The Morgan fingerprint density at radius 3 is 1.76 bits per heavy atom. The summed E-state index contributed by atoms with van der Waals surface area (Å²) in [5, 5.41) is 29.0. The first kappa shape index (κ1) is 23.3. The minimum Gasteiger partial charge on any atom is -0.238 e. The molecule has 0 heterocycles. The first-order valence-corrected chi connectivity index (χ1v) is 11.2. The van der Waals surface area contributed by atoms with Crippen LogP contribution in [0.2, 0.25) is 0 Å². The summed E-state index contributed by atoms with van der Waals surface area (Å²) >= 11 is 0. The van der Waals surface area contributed by atoms with Crippen molar-refractivity contribution in [1.29, 1.82) is 15.8 Å². The fourth-order valence-corrected chi connectivity index (χ4v) is 4.68. The van der Waals surface area contributed by atoms with Crippen molar-refractivity contribution in [2.75, 3.05) is 0 Å². The molecule has 1 aliphatic rings. The van der Waals surface area contributed by atoms with Gasteiger partial charge in [-0.05, 0) is 69.3 Å². The Kier molecular flexibility index (Phi) is 5.71. The zero-order valence-corrected chi connectivity index (χ0v) is 19.6. The Hall–Kier alpha value is -6.44. The molecule has 0 atom stereocenters. The summed E-state index contributed by atoms with van der Waals surface area (Å²) in [6.07, 6.45) is 0. The lowest BCUT2D eigenvalue weighted by molar-refractivity contribution is 1.46. The molecule has 6 nitrogen and oxygen atoms in total. The summed E-state index contributed by atoms with van der Waals surface area (Å²) in [6.45, 7) is 22.7. The molecule has 4 aromatic rings. The van der Waals surface area contributed by atoms with Crippen molar-refractivity contribution in [3.8, 4) is 51.6 Å². The Labute approximate surface area is 219 Å². The summed E-state index contributed by atoms with van der Waals surface area (Å²) in [5.74, 6) is 0. The van der Waals surface area contributed by atoms with Crippen molar-refractivity contribution in [2.45, 2.75) is 0 Å². The van der Waals surface area contributed by atoms with Gasteiger partial charge in [0.05, 0.1) is 49.1 Å². The van der Waals surface area contributed by atoms with Gasteiger partial charge in [-0.25, -0.2) is 19.8 Å². The van der Waals surface area contributed by atoms with Crippen LogP contribution in [-0.4, -0.2) is 0 Å². The number of rotatable bonds is 2. The highest BCUT2D eigenvalue weighted by Crippen LogP contribution is 2.51. The highest BCUT2D eigenvalue weighted by molar-refractivity contribution is 6.07. The van der Waals surface area contributed by atoms with Crippen molar-refractivity contribution in [2.24, 2.45) is 0 Å². The van der Waals surface area contributed by atoms with E-state index in [2.05, 4.69) is 26.7 Å². The average molecular weight is 480 g/mol. The minimum absolute atomic E-state index is 0.0923. The first-order chi connectivity index (χ1) is 18.6. The zero-order chi connectivity index (χ0) is 26.8. The third-order valence-corrected chi connectivity index (χ3v) is 6.45.